The zero-order valence-corrected chi connectivity index (χ0v) is 18.8. The molecular weight excluding hydrogens is 420 g/mol. The van der Waals surface area contributed by atoms with Gasteiger partial charge in [0.05, 0.1) is 38.3 Å². The topological polar surface area (TPSA) is 77.1 Å². The lowest BCUT2D eigenvalue weighted by Crippen LogP contribution is -2.32. The van der Waals surface area contributed by atoms with Crippen molar-refractivity contribution in [3.05, 3.63) is 83.6 Å². The highest BCUT2D eigenvalue weighted by molar-refractivity contribution is 6.46. The number of ether oxygens (including phenoxy) is 3. The molecular formula is C26H24N2O5. The van der Waals surface area contributed by atoms with Gasteiger partial charge in [0.1, 0.15) is 22.9 Å². The molecule has 0 spiro atoms. The summed E-state index contributed by atoms with van der Waals surface area (Å²) in [5.74, 6) is 0.677. The van der Waals surface area contributed by atoms with Gasteiger partial charge in [-0.05, 0) is 54.4 Å². The van der Waals surface area contributed by atoms with Gasteiger partial charge in [0.15, 0.2) is 0 Å². The molecule has 0 saturated carbocycles. The number of hydrogen-bond acceptors (Lipinski definition) is 6. The number of carbonyl (C=O) groups excluding carboxylic acids is 2. The first-order chi connectivity index (χ1) is 16.0. The van der Waals surface area contributed by atoms with Crippen LogP contribution in [0.15, 0.2) is 72.4 Å². The van der Waals surface area contributed by atoms with Crippen LogP contribution in [-0.4, -0.2) is 33.1 Å². The van der Waals surface area contributed by atoms with Gasteiger partial charge in [-0.2, -0.15) is 0 Å². The van der Waals surface area contributed by atoms with Gasteiger partial charge in [0, 0.05) is 0 Å². The van der Waals surface area contributed by atoms with E-state index in [2.05, 4.69) is 5.32 Å². The van der Waals surface area contributed by atoms with Gasteiger partial charge >= 0.3 is 0 Å². The Bertz CT molecular complexity index is 1250. The number of amides is 2. The molecule has 1 N–H and O–H groups in total. The third-order valence-electron chi connectivity index (χ3n) is 5.40. The van der Waals surface area contributed by atoms with Crippen LogP contribution in [0, 0.1) is 6.92 Å². The van der Waals surface area contributed by atoms with E-state index < -0.39 is 11.8 Å². The Morgan fingerprint density at radius 1 is 0.758 bits per heavy atom. The van der Waals surface area contributed by atoms with Crippen LogP contribution in [0.4, 0.5) is 11.4 Å². The van der Waals surface area contributed by atoms with Crippen LogP contribution >= 0.6 is 0 Å². The van der Waals surface area contributed by atoms with E-state index in [0.717, 1.165) is 10.5 Å². The maximum absolute atomic E-state index is 13.7. The lowest BCUT2D eigenvalue weighted by molar-refractivity contribution is -0.120. The van der Waals surface area contributed by atoms with E-state index in [1.165, 1.54) is 7.11 Å². The Morgan fingerprint density at radius 3 is 2.12 bits per heavy atom. The van der Waals surface area contributed by atoms with Gasteiger partial charge < -0.3 is 19.5 Å². The first-order valence-electron chi connectivity index (χ1n) is 10.3. The second-order valence-corrected chi connectivity index (χ2v) is 7.42. The average Bonchev–Trinajstić information content (AvgIpc) is 3.08. The van der Waals surface area contributed by atoms with Crippen molar-refractivity contribution in [2.24, 2.45) is 0 Å². The summed E-state index contributed by atoms with van der Waals surface area (Å²) >= 11 is 0. The molecule has 4 rings (SSSR count). The summed E-state index contributed by atoms with van der Waals surface area (Å²) in [7, 11) is 4.62. The van der Waals surface area contributed by atoms with Gasteiger partial charge in [-0.1, -0.05) is 30.3 Å². The third kappa shape index (κ3) is 4.01. The number of anilines is 2. The smallest absolute Gasteiger partial charge is 0.282 e. The van der Waals surface area contributed by atoms with E-state index >= 15 is 0 Å². The number of nitrogens with zero attached hydrogens (tertiary/aromatic N) is 1. The van der Waals surface area contributed by atoms with Crippen LogP contribution in [0.25, 0.3) is 5.57 Å². The lowest BCUT2D eigenvalue weighted by atomic mass is 10.0. The molecule has 0 saturated heterocycles. The monoisotopic (exact) mass is 444 g/mol. The normalized spacial score (nSPS) is 13.4. The number of imide groups is 1. The zero-order valence-electron chi connectivity index (χ0n) is 18.8. The summed E-state index contributed by atoms with van der Waals surface area (Å²) in [5, 5.41) is 3.17. The number of nitrogens with one attached hydrogen (secondary N) is 1. The van der Waals surface area contributed by atoms with Gasteiger partial charge in [-0.15, -0.1) is 0 Å². The van der Waals surface area contributed by atoms with E-state index in [1.807, 2.05) is 25.1 Å². The molecule has 1 aliphatic rings. The molecule has 0 aliphatic carbocycles. The maximum Gasteiger partial charge on any atom is 0.282 e. The number of aryl methyl sites for hydroxylation is 1. The second kappa shape index (κ2) is 9.08. The minimum absolute atomic E-state index is 0.153. The molecule has 3 aromatic rings. The van der Waals surface area contributed by atoms with Crippen LogP contribution in [0.2, 0.25) is 0 Å². The Labute approximate surface area is 192 Å². The predicted molar refractivity (Wildman–Crippen MR) is 127 cm³/mol. The Balaban J connectivity index is 1.87. The van der Waals surface area contributed by atoms with Gasteiger partial charge in [-0.25, -0.2) is 4.90 Å². The highest BCUT2D eigenvalue weighted by atomic mass is 16.5. The molecule has 168 valence electrons. The molecule has 33 heavy (non-hydrogen) atoms. The van der Waals surface area contributed by atoms with Gasteiger partial charge in [0.25, 0.3) is 11.8 Å². The number of methoxy groups -OCH3 is 3. The van der Waals surface area contributed by atoms with Crippen LogP contribution in [0.3, 0.4) is 0 Å². The molecule has 0 aromatic heterocycles. The number of para-hydroxylation sites is 2. The molecule has 0 bridgehead atoms. The second-order valence-electron chi connectivity index (χ2n) is 7.42. The first kappa shape index (κ1) is 22.0. The highest BCUT2D eigenvalue weighted by Crippen LogP contribution is 2.39. The summed E-state index contributed by atoms with van der Waals surface area (Å²) in [6.45, 7) is 1.94. The maximum atomic E-state index is 13.7. The van der Waals surface area contributed by atoms with Crippen molar-refractivity contribution < 1.29 is 23.8 Å². The Hall–Kier alpha value is -4.26. The predicted octanol–water partition coefficient (Wildman–Crippen LogP) is 4.42. The van der Waals surface area contributed by atoms with Crippen LogP contribution < -0.4 is 24.4 Å². The van der Waals surface area contributed by atoms with Crippen molar-refractivity contribution in [2.45, 2.75) is 6.92 Å². The van der Waals surface area contributed by atoms with E-state index in [9.17, 15) is 9.59 Å². The van der Waals surface area contributed by atoms with E-state index in [-0.39, 0.29) is 11.3 Å². The summed E-state index contributed by atoms with van der Waals surface area (Å²) in [6, 6.07) is 19.5. The van der Waals surface area contributed by atoms with Crippen molar-refractivity contribution in [1.82, 2.24) is 0 Å². The molecule has 0 fully saturated rings. The number of rotatable bonds is 7. The number of carbonyl (C=O) groups is 2. The fourth-order valence-corrected chi connectivity index (χ4v) is 3.76. The van der Waals surface area contributed by atoms with Gasteiger partial charge in [0.2, 0.25) is 0 Å². The quantitative estimate of drug-likeness (QED) is 0.544. The molecule has 7 nitrogen and oxygen atoms in total. The van der Waals surface area contributed by atoms with E-state index in [4.69, 9.17) is 14.2 Å². The fourth-order valence-electron chi connectivity index (χ4n) is 3.76. The summed E-state index contributed by atoms with van der Waals surface area (Å²) in [4.78, 5) is 28.4. The fraction of sp³-hybridized carbons (Fsp3) is 0.154. The van der Waals surface area contributed by atoms with Crippen molar-refractivity contribution in [3.63, 3.8) is 0 Å². The summed E-state index contributed by atoms with van der Waals surface area (Å²) in [6.07, 6.45) is 0. The minimum Gasteiger partial charge on any atom is -0.497 e. The first-order valence-corrected chi connectivity index (χ1v) is 10.3. The number of benzene rings is 3. The Kier molecular flexibility index (Phi) is 6.04. The molecule has 0 unspecified atom stereocenters. The van der Waals surface area contributed by atoms with Crippen LogP contribution in [-0.2, 0) is 9.59 Å². The van der Waals surface area contributed by atoms with Crippen LogP contribution in [0.1, 0.15) is 11.1 Å². The molecule has 0 radical (unpaired) electrons. The summed E-state index contributed by atoms with van der Waals surface area (Å²) < 4.78 is 16.1. The minimum atomic E-state index is -0.487. The highest BCUT2D eigenvalue weighted by Gasteiger charge is 2.41. The van der Waals surface area contributed by atoms with Crippen molar-refractivity contribution in [3.8, 4) is 17.2 Å². The van der Waals surface area contributed by atoms with Crippen molar-refractivity contribution in [2.75, 3.05) is 31.5 Å². The van der Waals surface area contributed by atoms with Crippen molar-refractivity contribution in [1.29, 1.82) is 0 Å². The van der Waals surface area contributed by atoms with E-state index in [0.29, 0.717) is 34.2 Å². The average molecular weight is 444 g/mol. The Morgan fingerprint density at radius 2 is 1.45 bits per heavy atom. The molecule has 0 atom stereocenters. The third-order valence-corrected chi connectivity index (χ3v) is 5.40. The largest absolute Gasteiger partial charge is 0.497 e. The molecule has 1 aliphatic heterocycles. The van der Waals surface area contributed by atoms with E-state index in [1.54, 1.807) is 62.8 Å². The zero-order chi connectivity index (χ0) is 23.5. The van der Waals surface area contributed by atoms with Gasteiger partial charge in [-0.3, -0.25) is 9.59 Å². The standard InChI is InChI=1S/C26H24N2O5/c1-16-9-14-21(32-3)19(15-16)27-24-23(17-10-12-18(31-2)13-11-17)25(29)28(26(24)30)20-7-5-6-8-22(20)33-4/h5-15,27H,1-4H3. The SMILES string of the molecule is COc1ccc(C2=C(Nc3cc(C)ccc3OC)C(=O)N(c3ccccc3OC)C2=O)cc1. The molecule has 7 heteroatoms. The molecule has 2 amide bonds. The summed E-state index contributed by atoms with van der Waals surface area (Å²) in [5.41, 5.74) is 2.91. The lowest BCUT2D eigenvalue weighted by Gasteiger charge is -2.18. The molecule has 3 aromatic carbocycles. The molecule has 1 heterocycles. The number of hydrogen-bond donors (Lipinski definition) is 1. The van der Waals surface area contributed by atoms with Crippen molar-refractivity contribution >= 4 is 28.8 Å². The van der Waals surface area contributed by atoms with Crippen LogP contribution in [0.5, 0.6) is 17.2 Å².